The monoisotopic (exact) mass is 407 g/mol. The van der Waals surface area contributed by atoms with Crippen molar-refractivity contribution in [3.8, 4) is 5.75 Å². The van der Waals surface area contributed by atoms with Gasteiger partial charge in [0.25, 0.3) is 0 Å². The van der Waals surface area contributed by atoms with Gasteiger partial charge >= 0.3 is 5.97 Å². The van der Waals surface area contributed by atoms with Crippen molar-refractivity contribution in [2.45, 2.75) is 6.61 Å². The predicted octanol–water partition coefficient (Wildman–Crippen LogP) is 5.40. The topological polar surface area (TPSA) is 47.9 Å². The second-order valence-corrected chi connectivity index (χ2v) is 6.77. The minimum atomic E-state index is -0.517. The van der Waals surface area contributed by atoms with Crippen LogP contribution in [-0.2, 0) is 16.1 Å². The Morgan fingerprint density at radius 2 is 1.79 bits per heavy atom. The lowest BCUT2D eigenvalue weighted by Crippen LogP contribution is -2.05. The van der Waals surface area contributed by atoms with Crippen LogP contribution >= 0.6 is 11.6 Å². The Balaban J connectivity index is 1.45. The highest BCUT2D eigenvalue weighted by Crippen LogP contribution is 2.22. The summed E-state index contributed by atoms with van der Waals surface area (Å²) in [4.78, 5) is 16.4. The fourth-order valence-electron chi connectivity index (χ4n) is 2.72. The molecule has 4 nitrogen and oxygen atoms in total. The van der Waals surface area contributed by atoms with E-state index in [0.29, 0.717) is 22.9 Å². The number of hydrogen-bond donors (Lipinski definition) is 0. The molecule has 0 spiro atoms. The number of hydrogen-bond acceptors (Lipinski definition) is 4. The number of nitrogens with zero attached hydrogens (tertiary/aromatic N) is 1. The standard InChI is InChI=1S/C23H15ClFNO3/c24-18-3-1-2-17(13-18)22-26-21(23(27)29-22)12-15-6-10-20(11-7-15)28-14-16-4-8-19(25)9-5-16/h1-13H,14H2/b21-12-. The molecule has 29 heavy (non-hydrogen) atoms. The van der Waals surface area contributed by atoms with Crippen LogP contribution in [0.2, 0.25) is 5.02 Å². The highest BCUT2D eigenvalue weighted by molar-refractivity contribution is 6.31. The molecule has 0 unspecified atom stereocenters. The number of rotatable bonds is 5. The number of benzene rings is 3. The zero-order valence-corrected chi connectivity index (χ0v) is 15.9. The summed E-state index contributed by atoms with van der Waals surface area (Å²) in [6.07, 6.45) is 1.64. The summed E-state index contributed by atoms with van der Waals surface area (Å²) in [5.41, 5.74) is 2.50. The van der Waals surface area contributed by atoms with Crippen LogP contribution in [0.3, 0.4) is 0 Å². The Kier molecular flexibility index (Phi) is 5.40. The Bertz CT molecular complexity index is 1110. The lowest BCUT2D eigenvalue weighted by molar-refractivity contribution is -0.129. The third-order valence-corrected chi connectivity index (χ3v) is 4.43. The number of cyclic esters (lactones) is 1. The molecule has 0 atom stereocenters. The molecule has 0 saturated heterocycles. The van der Waals surface area contributed by atoms with E-state index in [4.69, 9.17) is 21.1 Å². The molecule has 4 rings (SSSR count). The van der Waals surface area contributed by atoms with E-state index in [1.807, 2.05) is 12.1 Å². The lowest BCUT2D eigenvalue weighted by atomic mass is 10.2. The van der Waals surface area contributed by atoms with Gasteiger partial charge in [-0.1, -0.05) is 41.9 Å². The van der Waals surface area contributed by atoms with E-state index < -0.39 is 5.97 Å². The molecular formula is C23H15ClFNO3. The molecule has 1 aliphatic heterocycles. The smallest absolute Gasteiger partial charge is 0.363 e. The van der Waals surface area contributed by atoms with E-state index in [0.717, 1.165) is 11.1 Å². The van der Waals surface area contributed by atoms with Gasteiger partial charge in [0.15, 0.2) is 5.70 Å². The molecule has 1 aliphatic rings. The summed E-state index contributed by atoms with van der Waals surface area (Å²) in [5, 5.41) is 0.537. The molecule has 1 heterocycles. The van der Waals surface area contributed by atoms with Crippen LogP contribution in [-0.4, -0.2) is 11.9 Å². The van der Waals surface area contributed by atoms with E-state index in [1.165, 1.54) is 12.1 Å². The summed E-state index contributed by atoms with van der Waals surface area (Å²) in [5.74, 6) is 0.0889. The Morgan fingerprint density at radius 1 is 1.03 bits per heavy atom. The first-order valence-electron chi connectivity index (χ1n) is 8.83. The number of halogens is 2. The molecule has 0 amide bonds. The predicted molar refractivity (Wildman–Crippen MR) is 109 cm³/mol. The van der Waals surface area contributed by atoms with Crippen molar-refractivity contribution in [1.82, 2.24) is 0 Å². The van der Waals surface area contributed by atoms with Gasteiger partial charge in [0, 0.05) is 10.6 Å². The maximum absolute atomic E-state index is 12.9. The highest BCUT2D eigenvalue weighted by Gasteiger charge is 2.24. The molecular weight excluding hydrogens is 393 g/mol. The first-order chi connectivity index (χ1) is 14.1. The largest absolute Gasteiger partial charge is 0.489 e. The molecule has 0 N–H and O–H groups in total. The number of carbonyl (C=O) groups is 1. The fraction of sp³-hybridized carbons (Fsp3) is 0.0435. The van der Waals surface area contributed by atoms with Crippen molar-refractivity contribution in [1.29, 1.82) is 0 Å². The average Bonchev–Trinajstić information content (AvgIpc) is 3.09. The molecule has 0 fully saturated rings. The maximum Gasteiger partial charge on any atom is 0.363 e. The van der Waals surface area contributed by atoms with Gasteiger partial charge < -0.3 is 9.47 Å². The molecule has 3 aromatic carbocycles. The number of carbonyl (C=O) groups excluding carboxylic acids is 1. The summed E-state index contributed by atoms with van der Waals surface area (Å²) in [6.45, 7) is 0.334. The van der Waals surface area contributed by atoms with Gasteiger partial charge in [-0.25, -0.2) is 14.2 Å². The van der Waals surface area contributed by atoms with Crippen LogP contribution < -0.4 is 4.74 Å². The van der Waals surface area contributed by atoms with Crippen LogP contribution in [0.1, 0.15) is 16.7 Å². The van der Waals surface area contributed by atoms with Crippen molar-refractivity contribution in [3.05, 3.63) is 106 Å². The highest BCUT2D eigenvalue weighted by atomic mass is 35.5. The third kappa shape index (κ3) is 4.70. The van der Waals surface area contributed by atoms with Crippen LogP contribution in [0.25, 0.3) is 6.08 Å². The van der Waals surface area contributed by atoms with E-state index in [9.17, 15) is 9.18 Å². The van der Waals surface area contributed by atoms with Gasteiger partial charge in [0.2, 0.25) is 5.90 Å². The molecule has 0 saturated carbocycles. The normalized spacial score (nSPS) is 14.6. The van der Waals surface area contributed by atoms with Crippen molar-refractivity contribution in [3.63, 3.8) is 0 Å². The molecule has 6 heteroatoms. The van der Waals surface area contributed by atoms with E-state index in [-0.39, 0.29) is 17.4 Å². The van der Waals surface area contributed by atoms with E-state index in [1.54, 1.807) is 54.6 Å². The minimum Gasteiger partial charge on any atom is -0.489 e. The van der Waals surface area contributed by atoms with E-state index in [2.05, 4.69) is 4.99 Å². The second-order valence-electron chi connectivity index (χ2n) is 6.33. The van der Waals surface area contributed by atoms with Gasteiger partial charge in [0.05, 0.1) is 0 Å². The maximum atomic E-state index is 12.9. The van der Waals surface area contributed by atoms with Crippen LogP contribution in [0, 0.1) is 5.82 Å². The Hall–Kier alpha value is -3.44. The van der Waals surface area contributed by atoms with Crippen molar-refractivity contribution < 1.29 is 18.7 Å². The first-order valence-corrected chi connectivity index (χ1v) is 9.20. The van der Waals surface area contributed by atoms with Gasteiger partial charge in [-0.3, -0.25) is 0 Å². The molecule has 0 bridgehead atoms. The summed E-state index contributed by atoms with van der Waals surface area (Å²) in [6, 6.07) is 20.3. The SMILES string of the molecule is O=C1OC(c2cccc(Cl)c2)=N/C1=C\c1ccc(OCc2ccc(F)cc2)cc1. The van der Waals surface area contributed by atoms with Crippen molar-refractivity contribution >= 4 is 29.5 Å². The molecule has 0 aliphatic carbocycles. The number of esters is 1. The summed E-state index contributed by atoms with van der Waals surface area (Å²) >= 11 is 5.97. The van der Waals surface area contributed by atoms with Gasteiger partial charge in [-0.2, -0.15) is 0 Å². The second kappa shape index (κ2) is 8.29. The molecule has 144 valence electrons. The number of ether oxygens (including phenoxy) is 2. The quantitative estimate of drug-likeness (QED) is 0.420. The zero-order valence-electron chi connectivity index (χ0n) is 15.1. The number of aliphatic imine (C=N–C) groups is 1. The molecule has 0 radical (unpaired) electrons. The lowest BCUT2D eigenvalue weighted by Gasteiger charge is -2.06. The zero-order chi connectivity index (χ0) is 20.2. The van der Waals surface area contributed by atoms with Gasteiger partial charge in [-0.05, 0) is 59.7 Å². The van der Waals surface area contributed by atoms with Crippen LogP contribution in [0.4, 0.5) is 4.39 Å². The van der Waals surface area contributed by atoms with E-state index >= 15 is 0 Å². The van der Waals surface area contributed by atoms with Crippen LogP contribution in [0.5, 0.6) is 5.75 Å². The van der Waals surface area contributed by atoms with Gasteiger partial charge in [0.1, 0.15) is 18.2 Å². The minimum absolute atomic E-state index is 0.208. The third-order valence-electron chi connectivity index (χ3n) is 4.19. The first kappa shape index (κ1) is 18.9. The van der Waals surface area contributed by atoms with Crippen LogP contribution in [0.15, 0.2) is 83.5 Å². The Morgan fingerprint density at radius 3 is 2.52 bits per heavy atom. The average molecular weight is 408 g/mol. The molecule has 0 aromatic heterocycles. The summed E-state index contributed by atoms with van der Waals surface area (Å²) in [7, 11) is 0. The van der Waals surface area contributed by atoms with Crippen molar-refractivity contribution in [2.75, 3.05) is 0 Å². The fourth-order valence-corrected chi connectivity index (χ4v) is 2.91. The van der Waals surface area contributed by atoms with Crippen molar-refractivity contribution in [2.24, 2.45) is 4.99 Å². The Labute approximate surface area is 171 Å². The van der Waals surface area contributed by atoms with Gasteiger partial charge in [-0.15, -0.1) is 0 Å². The molecule has 3 aromatic rings. The summed E-state index contributed by atoms with van der Waals surface area (Å²) < 4.78 is 23.9.